The predicted octanol–water partition coefficient (Wildman–Crippen LogP) is 5.77. The number of pyridine rings is 1. The van der Waals surface area contributed by atoms with Crippen LogP contribution in [0, 0.1) is 5.92 Å². The Labute approximate surface area is 234 Å². The Bertz CT molecular complexity index is 1520. The molecule has 0 saturated heterocycles. The van der Waals surface area contributed by atoms with E-state index in [-0.39, 0.29) is 23.8 Å². The Balaban J connectivity index is 1.24. The molecule has 3 aromatic carbocycles. The number of aromatic nitrogens is 1. The van der Waals surface area contributed by atoms with Gasteiger partial charge in [-0.25, -0.2) is 4.79 Å². The molecule has 202 valence electrons. The van der Waals surface area contributed by atoms with Gasteiger partial charge in [0.15, 0.2) is 0 Å². The molecule has 2 atom stereocenters. The number of nitrogens with one attached hydrogen (secondary N) is 2. The van der Waals surface area contributed by atoms with Gasteiger partial charge in [-0.1, -0.05) is 54.6 Å². The second-order valence-electron chi connectivity index (χ2n) is 10.4. The van der Waals surface area contributed by atoms with Crippen LogP contribution in [0.2, 0.25) is 0 Å². The van der Waals surface area contributed by atoms with Crippen molar-refractivity contribution in [2.45, 2.75) is 31.8 Å². The van der Waals surface area contributed by atoms with E-state index in [0.717, 1.165) is 34.4 Å². The minimum atomic E-state index is -0.163. The Kier molecular flexibility index (Phi) is 7.19. The number of urea groups is 1. The highest BCUT2D eigenvalue weighted by atomic mass is 16.5. The highest BCUT2D eigenvalue weighted by molar-refractivity contribution is 5.89. The molecule has 2 N–H and O–H groups in total. The summed E-state index contributed by atoms with van der Waals surface area (Å²) >= 11 is 0. The standard InChI is InChI=1S/C33H32N4O3/c1-40-26-11-5-9-23(17-26)27-13-12-24(19-35-32(38)30-18-29(30)22-7-3-2-4-8-22)31-21-37(16-14-28(27)31)33(39)36-25-10-6-15-34-20-25/h2-13,15,17,20,29-30H,14,16,18-19,21H2,1H3,(H,35,38)(H,36,39). The smallest absolute Gasteiger partial charge is 0.322 e. The normalized spacial score (nSPS) is 17.5. The van der Waals surface area contributed by atoms with Crippen LogP contribution >= 0.6 is 0 Å². The third kappa shape index (κ3) is 5.41. The number of carbonyl (C=O) groups is 2. The van der Waals surface area contributed by atoms with Gasteiger partial charge in [0.1, 0.15) is 5.75 Å². The van der Waals surface area contributed by atoms with Crippen LogP contribution in [0.25, 0.3) is 11.1 Å². The van der Waals surface area contributed by atoms with Crippen LogP contribution in [0.4, 0.5) is 10.5 Å². The largest absolute Gasteiger partial charge is 0.497 e. The van der Waals surface area contributed by atoms with E-state index < -0.39 is 0 Å². The van der Waals surface area contributed by atoms with Crippen molar-refractivity contribution >= 4 is 17.6 Å². The molecule has 2 aliphatic rings. The number of anilines is 1. The van der Waals surface area contributed by atoms with Crippen LogP contribution in [-0.2, 0) is 24.3 Å². The molecule has 7 nitrogen and oxygen atoms in total. The number of carbonyl (C=O) groups excluding carboxylic acids is 2. The highest BCUT2D eigenvalue weighted by Crippen LogP contribution is 2.47. The van der Waals surface area contributed by atoms with E-state index >= 15 is 0 Å². The van der Waals surface area contributed by atoms with E-state index in [1.165, 1.54) is 11.1 Å². The maximum Gasteiger partial charge on any atom is 0.322 e. The molecule has 0 radical (unpaired) electrons. The number of benzene rings is 3. The Morgan fingerprint density at radius 1 is 1.00 bits per heavy atom. The first kappa shape index (κ1) is 25.6. The minimum Gasteiger partial charge on any atom is -0.497 e. The average molecular weight is 533 g/mol. The van der Waals surface area contributed by atoms with Gasteiger partial charge in [0.05, 0.1) is 19.0 Å². The SMILES string of the molecule is COc1cccc(-c2ccc(CNC(=O)C3CC3c3ccccc3)c3c2CCN(C(=O)Nc2cccnc2)C3)c1. The second-order valence-corrected chi connectivity index (χ2v) is 10.4. The quantitative estimate of drug-likeness (QED) is 0.317. The van der Waals surface area contributed by atoms with Crippen LogP contribution in [0.3, 0.4) is 0 Å². The van der Waals surface area contributed by atoms with E-state index in [0.29, 0.717) is 31.7 Å². The fourth-order valence-corrected chi connectivity index (χ4v) is 5.65. The molecule has 3 amide bonds. The number of amides is 3. The van der Waals surface area contributed by atoms with Gasteiger partial charge in [0.25, 0.3) is 0 Å². The zero-order valence-electron chi connectivity index (χ0n) is 22.5. The molecule has 6 rings (SSSR count). The average Bonchev–Trinajstić information content (AvgIpc) is 3.82. The lowest BCUT2D eigenvalue weighted by Crippen LogP contribution is -2.40. The summed E-state index contributed by atoms with van der Waals surface area (Å²) in [6.07, 6.45) is 4.91. The predicted molar refractivity (Wildman–Crippen MR) is 155 cm³/mol. The summed E-state index contributed by atoms with van der Waals surface area (Å²) in [5.41, 5.74) is 7.41. The molecule has 40 heavy (non-hydrogen) atoms. The first-order chi connectivity index (χ1) is 19.6. The first-order valence-corrected chi connectivity index (χ1v) is 13.7. The van der Waals surface area contributed by atoms with Crippen molar-refractivity contribution in [3.05, 3.63) is 114 Å². The van der Waals surface area contributed by atoms with Crippen LogP contribution in [0.15, 0.2) is 91.3 Å². The molecular weight excluding hydrogens is 500 g/mol. The summed E-state index contributed by atoms with van der Waals surface area (Å²) in [5, 5.41) is 6.14. The van der Waals surface area contributed by atoms with Crippen molar-refractivity contribution in [2.75, 3.05) is 19.0 Å². The molecule has 4 aromatic rings. The van der Waals surface area contributed by atoms with Gasteiger partial charge in [-0.3, -0.25) is 9.78 Å². The maximum atomic E-state index is 13.2. The zero-order chi connectivity index (χ0) is 27.5. The molecule has 2 unspecified atom stereocenters. The molecule has 1 aliphatic heterocycles. The van der Waals surface area contributed by atoms with Gasteiger partial charge in [0.2, 0.25) is 5.91 Å². The number of ether oxygens (including phenoxy) is 1. The van der Waals surface area contributed by atoms with Gasteiger partial charge in [-0.05, 0) is 76.4 Å². The molecule has 1 aromatic heterocycles. The monoisotopic (exact) mass is 532 g/mol. The van der Waals surface area contributed by atoms with Crippen LogP contribution in [0.5, 0.6) is 5.75 Å². The van der Waals surface area contributed by atoms with Gasteiger partial charge >= 0.3 is 6.03 Å². The number of hydrogen-bond acceptors (Lipinski definition) is 4. The molecule has 1 aliphatic carbocycles. The lowest BCUT2D eigenvalue weighted by atomic mass is 9.87. The number of nitrogens with zero attached hydrogens (tertiary/aromatic N) is 2. The summed E-state index contributed by atoms with van der Waals surface area (Å²) in [6.45, 7) is 1.48. The Morgan fingerprint density at radius 2 is 1.88 bits per heavy atom. The Morgan fingerprint density at radius 3 is 2.67 bits per heavy atom. The van der Waals surface area contributed by atoms with Crippen molar-refractivity contribution in [2.24, 2.45) is 5.92 Å². The van der Waals surface area contributed by atoms with Gasteiger partial charge in [-0.15, -0.1) is 0 Å². The lowest BCUT2D eigenvalue weighted by Gasteiger charge is -2.32. The maximum absolute atomic E-state index is 13.2. The van der Waals surface area contributed by atoms with Crippen molar-refractivity contribution in [1.82, 2.24) is 15.2 Å². The van der Waals surface area contributed by atoms with E-state index in [1.807, 2.05) is 47.4 Å². The van der Waals surface area contributed by atoms with Crippen LogP contribution in [-0.4, -0.2) is 35.5 Å². The second kappa shape index (κ2) is 11.2. The number of hydrogen-bond donors (Lipinski definition) is 2. The number of rotatable bonds is 7. The van der Waals surface area contributed by atoms with E-state index in [2.05, 4.69) is 45.9 Å². The topological polar surface area (TPSA) is 83.6 Å². The van der Waals surface area contributed by atoms with Gasteiger partial charge < -0.3 is 20.3 Å². The van der Waals surface area contributed by atoms with Crippen molar-refractivity contribution in [1.29, 1.82) is 0 Å². The van der Waals surface area contributed by atoms with Crippen LogP contribution < -0.4 is 15.4 Å². The highest BCUT2D eigenvalue weighted by Gasteiger charge is 2.43. The van der Waals surface area contributed by atoms with Gasteiger partial charge in [0, 0.05) is 31.7 Å². The summed E-state index contributed by atoms with van der Waals surface area (Å²) in [6, 6.07) is 25.9. The summed E-state index contributed by atoms with van der Waals surface area (Å²) in [5.74, 6) is 1.18. The third-order valence-electron chi connectivity index (χ3n) is 7.90. The first-order valence-electron chi connectivity index (χ1n) is 13.7. The van der Waals surface area contributed by atoms with Crippen LogP contribution in [0.1, 0.15) is 34.6 Å². The Hall–Kier alpha value is -4.65. The van der Waals surface area contributed by atoms with Crippen molar-refractivity contribution in [3.63, 3.8) is 0 Å². The molecule has 1 fully saturated rings. The number of methoxy groups -OCH3 is 1. The van der Waals surface area contributed by atoms with Crippen molar-refractivity contribution in [3.8, 4) is 16.9 Å². The van der Waals surface area contributed by atoms with Crippen molar-refractivity contribution < 1.29 is 14.3 Å². The lowest BCUT2D eigenvalue weighted by molar-refractivity contribution is -0.122. The summed E-state index contributed by atoms with van der Waals surface area (Å²) < 4.78 is 5.47. The fraction of sp³-hybridized carbons (Fsp3) is 0.242. The van der Waals surface area contributed by atoms with E-state index in [9.17, 15) is 9.59 Å². The molecule has 0 spiro atoms. The van der Waals surface area contributed by atoms with E-state index in [4.69, 9.17) is 4.74 Å². The molecule has 1 saturated carbocycles. The summed E-state index contributed by atoms with van der Waals surface area (Å²) in [7, 11) is 1.67. The molecule has 7 heteroatoms. The fourth-order valence-electron chi connectivity index (χ4n) is 5.65. The third-order valence-corrected chi connectivity index (χ3v) is 7.90. The summed E-state index contributed by atoms with van der Waals surface area (Å²) in [4.78, 5) is 32.1. The molecule has 0 bridgehead atoms. The van der Waals surface area contributed by atoms with E-state index in [1.54, 1.807) is 25.6 Å². The minimum absolute atomic E-state index is 0.0102. The molecular formula is C33H32N4O3. The molecule has 2 heterocycles. The zero-order valence-corrected chi connectivity index (χ0v) is 22.5. The van der Waals surface area contributed by atoms with Gasteiger partial charge in [-0.2, -0.15) is 0 Å². The number of fused-ring (bicyclic) bond motifs is 1.